The average molecular weight is 278 g/mol. The molecular weight excluding hydrogens is 260 g/mol. The Kier molecular flexibility index (Phi) is 4.52. The van der Waals surface area contributed by atoms with E-state index in [9.17, 15) is 4.79 Å². The Morgan fingerprint density at radius 2 is 2.20 bits per heavy atom. The lowest BCUT2D eigenvalue weighted by molar-refractivity contribution is 0.162. The van der Waals surface area contributed by atoms with E-state index in [-0.39, 0.29) is 12.1 Å². The number of carbonyl (C=O) groups is 1. The summed E-state index contributed by atoms with van der Waals surface area (Å²) < 4.78 is 9.63. The highest BCUT2D eigenvalue weighted by Gasteiger charge is 2.12. The quantitative estimate of drug-likeness (QED) is 0.894. The standard InChI is InChI=1S/C13H18N4O3/c1-9(8-19-3)14-13(18)17(2)7-10-4-5-11-12(6-10)16-20-15-11/h4-6,9H,7-8H2,1-3H3,(H,14,18)/t9-/m0/s1. The molecule has 0 aliphatic carbocycles. The SMILES string of the molecule is COC[C@H](C)NC(=O)N(C)Cc1ccc2nonc2c1. The van der Waals surface area contributed by atoms with Crippen molar-refractivity contribution in [2.75, 3.05) is 20.8 Å². The van der Waals surface area contributed by atoms with Gasteiger partial charge in [-0.3, -0.25) is 0 Å². The van der Waals surface area contributed by atoms with E-state index in [4.69, 9.17) is 4.74 Å². The average Bonchev–Trinajstić information content (AvgIpc) is 2.86. The molecule has 108 valence electrons. The zero-order valence-corrected chi connectivity index (χ0v) is 11.8. The summed E-state index contributed by atoms with van der Waals surface area (Å²) in [5.41, 5.74) is 2.35. The molecule has 7 nitrogen and oxygen atoms in total. The fourth-order valence-corrected chi connectivity index (χ4v) is 1.88. The molecule has 1 aromatic heterocycles. The van der Waals surface area contributed by atoms with Crippen LogP contribution in [0.4, 0.5) is 4.79 Å². The molecule has 0 radical (unpaired) electrons. The molecule has 1 aromatic carbocycles. The van der Waals surface area contributed by atoms with Crippen LogP contribution in [0.3, 0.4) is 0 Å². The van der Waals surface area contributed by atoms with E-state index in [0.717, 1.165) is 5.56 Å². The number of fused-ring (bicyclic) bond motifs is 1. The summed E-state index contributed by atoms with van der Waals surface area (Å²) in [5, 5.41) is 10.4. The number of urea groups is 1. The molecule has 2 amide bonds. The van der Waals surface area contributed by atoms with Crippen LogP contribution >= 0.6 is 0 Å². The van der Waals surface area contributed by atoms with Gasteiger partial charge in [0.25, 0.3) is 0 Å². The molecule has 2 rings (SSSR count). The van der Waals surface area contributed by atoms with E-state index >= 15 is 0 Å². The van der Waals surface area contributed by atoms with Gasteiger partial charge in [0.1, 0.15) is 11.0 Å². The van der Waals surface area contributed by atoms with Crippen molar-refractivity contribution in [1.82, 2.24) is 20.5 Å². The van der Waals surface area contributed by atoms with Gasteiger partial charge in [-0.2, -0.15) is 0 Å². The maximum Gasteiger partial charge on any atom is 0.317 e. The molecule has 1 atom stereocenters. The summed E-state index contributed by atoms with van der Waals surface area (Å²) in [7, 11) is 3.34. The first kappa shape index (κ1) is 14.3. The van der Waals surface area contributed by atoms with Gasteiger partial charge in [0, 0.05) is 20.7 Å². The van der Waals surface area contributed by atoms with Crippen molar-refractivity contribution in [2.45, 2.75) is 19.5 Å². The summed E-state index contributed by atoms with van der Waals surface area (Å²) in [6, 6.07) is 5.40. The predicted octanol–water partition coefficient (Wildman–Crippen LogP) is 1.40. The maximum absolute atomic E-state index is 12.0. The smallest absolute Gasteiger partial charge is 0.317 e. The third-order valence-electron chi connectivity index (χ3n) is 2.87. The molecule has 0 spiro atoms. The number of hydrogen-bond acceptors (Lipinski definition) is 5. The van der Waals surface area contributed by atoms with Gasteiger partial charge >= 0.3 is 6.03 Å². The lowest BCUT2D eigenvalue weighted by Gasteiger charge is -2.21. The van der Waals surface area contributed by atoms with E-state index in [1.807, 2.05) is 25.1 Å². The lowest BCUT2D eigenvalue weighted by Crippen LogP contribution is -2.43. The maximum atomic E-state index is 12.0. The van der Waals surface area contributed by atoms with E-state index in [1.165, 1.54) is 0 Å². The second-order valence-electron chi connectivity index (χ2n) is 4.75. The van der Waals surface area contributed by atoms with Crippen LogP contribution in [0, 0.1) is 0 Å². The Morgan fingerprint density at radius 1 is 1.45 bits per heavy atom. The number of methoxy groups -OCH3 is 1. The van der Waals surface area contributed by atoms with Crippen LogP contribution in [0.5, 0.6) is 0 Å². The second kappa shape index (κ2) is 6.33. The van der Waals surface area contributed by atoms with Gasteiger partial charge in [-0.05, 0) is 34.9 Å². The van der Waals surface area contributed by atoms with Gasteiger partial charge in [-0.1, -0.05) is 6.07 Å². The van der Waals surface area contributed by atoms with Gasteiger partial charge in [-0.15, -0.1) is 0 Å². The Bertz CT molecular complexity index is 584. The van der Waals surface area contributed by atoms with Crippen LogP contribution in [0.1, 0.15) is 12.5 Å². The van der Waals surface area contributed by atoms with Crippen LogP contribution < -0.4 is 5.32 Å². The van der Waals surface area contributed by atoms with Crippen LogP contribution in [-0.4, -0.2) is 48.1 Å². The Morgan fingerprint density at radius 3 is 2.95 bits per heavy atom. The highest BCUT2D eigenvalue weighted by Crippen LogP contribution is 2.13. The van der Waals surface area contributed by atoms with Crippen molar-refractivity contribution in [3.63, 3.8) is 0 Å². The molecule has 0 fully saturated rings. The van der Waals surface area contributed by atoms with E-state index < -0.39 is 0 Å². The summed E-state index contributed by atoms with van der Waals surface area (Å²) >= 11 is 0. The summed E-state index contributed by atoms with van der Waals surface area (Å²) in [6.07, 6.45) is 0. The van der Waals surface area contributed by atoms with Gasteiger partial charge < -0.3 is 15.0 Å². The van der Waals surface area contributed by atoms with Crippen LogP contribution in [0.15, 0.2) is 22.8 Å². The molecule has 0 aliphatic heterocycles. The summed E-state index contributed by atoms with van der Waals surface area (Å²) in [5.74, 6) is 0. The van der Waals surface area contributed by atoms with Crippen molar-refractivity contribution in [3.05, 3.63) is 23.8 Å². The normalized spacial score (nSPS) is 12.3. The summed E-state index contributed by atoms with van der Waals surface area (Å²) in [6.45, 7) is 2.85. The van der Waals surface area contributed by atoms with Crippen molar-refractivity contribution in [2.24, 2.45) is 0 Å². The number of carbonyl (C=O) groups excluding carboxylic acids is 1. The molecule has 1 N–H and O–H groups in total. The van der Waals surface area contributed by atoms with E-state index in [0.29, 0.717) is 24.2 Å². The molecule has 0 aliphatic rings. The molecule has 0 bridgehead atoms. The third kappa shape index (κ3) is 3.45. The van der Waals surface area contributed by atoms with Gasteiger partial charge in [0.15, 0.2) is 0 Å². The number of nitrogens with one attached hydrogen (secondary N) is 1. The Labute approximate surface area is 116 Å². The van der Waals surface area contributed by atoms with Gasteiger partial charge in [0.2, 0.25) is 0 Å². The second-order valence-corrected chi connectivity index (χ2v) is 4.75. The summed E-state index contributed by atoms with van der Waals surface area (Å²) in [4.78, 5) is 13.6. The first-order valence-corrected chi connectivity index (χ1v) is 6.32. The highest BCUT2D eigenvalue weighted by atomic mass is 16.6. The van der Waals surface area contributed by atoms with Gasteiger partial charge in [0.05, 0.1) is 12.6 Å². The van der Waals surface area contributed by atoms with Crippen LogP contribution in [-0.2, 0) is 11.3 Å². The minimum absolute atomic E-state index is 0.0304. The monoisotopic (exact) mass is 278 g/mol. The Balaban J connectivity index is 1.95. The van der Waals surface area contributed by atoms with Crippen molar-refractivity contribution < 1.29 is 14.2 Å². The zero-order chi connectivity index (χ0) is 14.5. The fourth-order valence-electron chi connectivity index (χ4n) is 1.88. The molecular formula is C13H18N4O3. The zero-order valence-electron chi connectivity index (χ0n) is 11.8. The number of rotatable bonds is 5. The number of aromatic nitrogens is 2. The third-order valence-corrected chi connectivity index (χ3v) is 2.87. The molecule has 1 heterocycles. The minimum atomic E-state index is -0.145. The molecule has 2 aromatic rings. The molecule has 0 saturated carbocycles. The number of benzene rings is 1. The van der Waals surface area contributed by atoms with Crippen molar-refractivity contribution >= 4 is 17.1 Å². The first-order chi connectivity index (χ1) is 9.60. The highest BCUT2D eigenvalue weighted by molar-refractivity contribution is 5.75. The fraction of sp³-hybridized carbons (Fsp3) is 0.462. The van der Waals surface area contributed by atoms with Crippen molar-refractivity contribution in [1.29, 1.82) is 0 Å². The largest absolute Gasteiger partial charge is 0.383 e. The van der Waals surface area contributed by atoms with Crippen LogP contribution in [0.25, 0.3) is 11.0 Å². The Hall–Kier alpha value is -2.15. The van der Waals surface area contributed by atoms with E-state index in [2.05, 4.69) is 20.3 Å². The molecule has 7 heteroatoms. The number of nitrogens with zero attached hydrogens (tertiary/aromatic N) is 3. The lowest BCUT2D eigenvalue weighted by atomic mass is 10.2. The van der Waals surface area contributed by atoms with Gasteiger partial charge in [-0.25, -0.2) is 9.42 Å². The topological polar surface area (TPSA) is 80.5 Å². The van der Waals surface area contributed by atoms with Crippen LogP contribution in [0.2, 0.25) is 0 Å². The van der Waals surface area contributed by atoms with Crippen molar-refractivity contribution in [3.8, 4) is 0 Å². The first-order valence-electron chi connectivity index (χ1n) is 6.32. The molecule has 0 saturated heterocycles. The molecule has 20 heavy (non-hydrogen) atoms. The predicted molar refractivity (Wildman–Crippen MR) is 73.1 cm³/mol. The van der Waals surface area contributed by atoms with E-state index in [1.54, 1.807) is 19.1 Å². The number of hydrogen-bond donors (Lipinski definition) is 1. The number of amides is 2. The molecule has 0 unspecified atom stereocenters. The number of ether oxygens (including phenoxy) is 1. The minimum Gasteiger partial charge on any atom is -0.383 e.